The smallest absolute Gasteiger partial charge is 0.303 e. The van der Waals surface area contributed by atoms with Crippen molar-refractivity contribution in [1.29, 1.82) is 5.26 Å². The number of benzene rings is 1. The molecule has 1 aromatic rings. The van der Waals surface area contributed by atoms with Crippen LogP contribution >= 0.6 is 35.0 Å². The molecule has 1 rings (SSSR count). The highest BCUT2D eigenvalue weighted by Gasteiger charge is 2.14. The van der Waals surface area contributed by atoms with E-state index >= 15 is 0 Å². The zero-order valence-corrected chi connectivity index (χ0v) is 12.4. The summed E-state index contributed by atoms with van der Waals surface area (Å²) in [6.07, 6.45) is -0.506. The highest BCUT2D eigenvalue weighted by Crippen LogP contribution is 2.27. The van der Waals surface area contributed by atoms with Crippen molar-refractivity contribution in [3.05, 3.63) is 28.2 Å². The Bertz CT molecular complexity index is 490. The largest absolute Gasteiger partial charge is 0.488 e. The molecule has 0 saturated heterocycles. The van der Waals surface area contributed by atoms with Gasteiger partial charge in [0.05, 0.1) is 5.02 Å². The Morgan fingerprint density at radius 1 is 1.53 bits per heavy atom. The molecule has 0 unspecified atom stereocenters. The summed E-state index contributed by atoms with van der Waals surface area (Å²) in [5.41, 5.74) is 0. The summed E-state index contributed by atoms with van der Waals surface area (Å²) < 4.78 is 10.5. The SMILES string of the molecule is CC(=O)O[C@H](COc1ccc(Cl)cc1Cl)CSC#N. The summed E-state index contributed by atoms with van der Waals surface area (Å²) in [5, 5.41) is 11.3. The molecule has 0 N–H and O–H groups in total. The molecule has 0 aromatic heterocycles. The van der Waals surface area contributed by atoms with Crippen LogP contribution in [0.4, 0.5) is 0 Å². The second kappa shape index (κ2) is 8.16. The van der Waals surface area contributed by atoms with Gasteiger partial charge in [-0.2, -0.15) is 5.26 Å². The van der Waals surface area contributed by atoms with E-state index in [9.17, 15) is 4.79 Å². The third-order valence-corrected chi connectivity index (χ3v) is 3.18. The van der Waals surface area contributed by atoms with E-state index < -0.39 is 12.1 Å². The maximum Gasteiger partial charge on any atom is 0.303 e. The van der Waals surface area contributed by atoms with Gasteiger partial charge >= 0.3 is 5.97 Å². The minimum Gasteiger partial charge on any atom is -0.488 e. The van der Waals surface area contributed by atoms with Crippen LogP contribution in [0.2, 0.25) is 10.0 Å². The second-order valence-corrected chi connectivity index (χ2v) is 5.17. The summed E-state index contributed by atoms with van der Waals surface area (Å²) >= 11 is 12.7. The van der Waals surface area contributed by atoms with E-state index in [0.29, 0.717) is 21.5 Å². The lowest BCUT2D eigenvalue weighted by molar-refractivity contribution is -0.146. The zero-order valence-electron chi connectivity index (χ0n) is 10.1. The van der Waals surface area contributed by atoms with Crippen LogP contribution in [-0.2, 0) is 9.53 Å². The number of carbonyl (C=O) groups excluding carboxylic acids is 1. The van der Waals surface area contributed by atoms with Gasteiger partial charge in [-0.3, -0.25) is 4.79 Å². The van der Waals surface area contributed by atoms with Crippen LogP contribution in [-0.4, -0.2) is 24.4 Å². The van der Waals surface area contributed by atoms with Gasteiger partial charge in [-0.25, -0.2) is 0 Å². The van der Waals surface area contributed by atoms with Crippen LogP contribution in [0.3, 0.4) is 0 Å². The fraction of sp³-hybridized carbons (Fsp3) is 0.333. The van der Waals surface area contributed by atoms with Gasteiger partial charge in [0.15, 0.2) is 0 Å². The topological polar surface area (TPSA) is 59.3 Å². The van der Waals surface area contributed by atoms with Gasteiger partial charge in [-0.1, -0.05) is 23.2 Å². The van der Waals surface area contributed by atoms with Crippen LogP contribution in [0.15, 0.2) is 18.2 Å². The number of hydrogen-bond acceptors (Lipinski definition) is 5. The fourth-order valence-corrected chi connectivity index (χ4v) is 2.14. The Morgan fingerprint density at radius 2 is 2.26 bits per heavy atom. The van der Waals surface area contributed by atoms with Gasteiger partial charge in [0.1, 0.15) is 23.9 Å². The summed E-state index contributed by atoms with van der Waals surface area (Å²) in [5.74, 6) is 0.362. The number of rotatable bonds is 6. The van der Waals surface area contributed by atoms with E-state index in [4.69, 9.17) is 37.9 Å². The molecule has 0 aliphatic rings. The molecule has 0 radical (unpaired) electrons. The molecule has 0 aliphatic heterocycles. The van der Waals surface area contributed by atoms with Crippen LogP contribution in [0.5, 0.6) is 5.75 Å². The molecule has 0 saturated carbocycles. The summed E-state index contributed by atoms with van der Waals surface area (Å²) in [6.45, 7) is 1.43. The van der Waals surface area contributed by atoms with E-state index in [1.165, 1.54) is 6.92 Å². The highest BCUT2D eigenvalue weighted by atomic mass is 35.5. The average Bonchev–Trinajstić information content (AvgIpc) is 2.33. The lowest BCUT2D eigenvalue weighted by atomic mass is 10.3. The van der Waals surface area contributed by atoms with E-state index in [2.05, 4.69) is 0 Å². The predicted octanol–water partition coefficient (Wildman–Crippen LogP) is 3.52. The van der Waals surface area contributed by atoms with E-state index in [1.54, 1.807) is 18.2 Å². The van der Waals surface area contributed by atoms with Crippen LogP contribution in [0.25, 0.3) is 0 Å². The Labute approximate surface area is 125 Å². The maximum atomic E-state index is 10.9. The quantitative estimate of drug-likeness (QED) is 0.593. The lowest BCUT2D eigenvalue weighted by Gasteiger charge is -2.16. The number of nitrogens with zero attached hydrogens (tertiary/aromatic N) is 1. The lowest BCUT2D eigenvalue weighted by Crippen LogP contribution is -2.26. The first-order valence-electron chi connectivity index (χ1n) is 5.29. The molecule has 0 spiro atoms. The molecular weight excluding hydrogens is 309 g/mol. The van der Waals surface area contributed by atoms with Gasteiger partial charge in [0, 0.05) is 17.7 Å². The number of halogens is 2. The van der Waals surface area contributed by atoms with Crippen molar-refractivity contribution in [2.45, 2.75) is 13.0 Å². The summed E-state index contributed by atoms with van der Waals surface area (Å²) in [7, 11) is 0. The van der Waals surface area contributed by atoms with Gasteiger partial charge in [-0.05, 0) is 30.0 Å². The van der Waals surface area contributed by atoms with Gasteiger partial charge < -0.3 is 9.47 Å². The molecule has 1 aromatic carbocycles. The Hall–Kier alpha value is -1.09. The van der Waals surface area contributed by atoms with Crippen molar-refractivity contribution in [2.75, 3.05) is 12.4 Å². The molecular formula is C12H11Cl2NO3S. The van der Waals surface area contributed by atoms with E-state index in [-0.39, 0.29) is 6.61 Å². The average molecular weight is 320 g/mol. The standard InChI is InChI=1S/C12H11Cl2NO3S/c1-8(16)18-10(6-19-7-15)5-17-12-3-2-9(13)4-11(12)14/h2-4,10H,5-6H2,1H3/t10-/m1/s1. The number of thiocyanates is 1. The van der Waals surface area contributed by atoms with Crippen molar-refractivity contribution in [3.63, 3.8) is 0 Å². The van der Waals surface area contributed by atoms with Crippen molar-refractivity contribution in [1.82, 2.24) is 0 Å². The minimum atomic E-state index is -0.506. The Balaban J connectivity index is 2.59. The molecule has 7 heteroatoms. The fourth-order valence-electron chi connectivity index (χ4n) is 1.26. The van der Waals surface area contributed by atoms with Crippen molar-refractivity contribution in [2.24, 2.45) is 0 Å². The highest BCUT2D eigenvalue weighted by molar-refractivity contribution is 8.03. The number of thioether (sulfide) groups is 1. The zero-order chi connectivity index (χ0) is 14.3. The van der Waals surface area contributed by atoms with Gasteiger partial charge in [0.25, 0.3) is 0 Å². The number of hydrogen-bond donors (Lipinski definition) is 0. The van der Waals surface area contributed by atoms with E-state index in [1.807, 2.05) is 5.40 Å². The molecule has 0 bridgehead atoms. The molecule has 102 valence electrons. The normalized spacial score (nSPS) is 11.5. The van der Waals surface area contributed by atoms with Crippen molar-refractivity contribution in [3.8, 4) is 11.2 Å². The Kier molecular flexibility index (Phi) is 6.85. The molecule has 4 nitrogen and oxygen atoms in total. The molecule has 0 fully saturated rings. The molecule has 19 heavy (non-hydrogen) atoms. The first-order valence-corrected chi connectivity index (χ1v) is 7.03. The monoisotopic (exact) mass is 319 g/mol. The third kappa shape index (κ3) is 6.06. The maximum absolute atomic E-state index is 10.9. The van der Waals surface area contributed by atoms with Gasteiger partial charge in [0.2, 0.25) is 0 Å². The summed E-state index contributed by atoms with van der Waals surface area (Å²) in [6, 6.07) is 4.84. The van der Waals surface area contributed by atoms with Crippen LogP contribution < -0.4 is 4.74 Å². The van der Waals surface area contributed by atoms with E-state index in [0.717, 1.165) is 11.8 Å². The second-order valence-electron chi connectivity index (χ2n) is 3.52. The van der Waals surface area contributed by atoms with Gasteiger partial charge in [-0.15, -0.1) is 0 Å². The predicted molar refractivity (Wildman–Crippen MR) is 75.6 cm³/mol. The molecule has 0 heterocycles. The number of carbonyl (C=O) groups is 1. The number of ether oxygens (including phenoxy) is 2. The van der Waals surface area contributed by atoms with Crippen LogP contribution in [0.1, 0.15) is 6.92 Å². The molecule has 0 amide bonds. The van der Waals surface area contributed by atoms with Crippen molar-refractivity contribution >= 4 is 40.9 Å². The summed E-state index contributed by atoms with van der Waals surface area (Å²) in [4.78, 5) is 10.9. The third-order valence-electron chi connectivity index (χ3n) is 1.99. The molecule has 1 atom stereocenters. The molecule has 0 aliphatic carbocycles. The van der Waals surface area contributed by atoms with Crippen LogP contribution in [0, 0.1) is 10.7 Å². The first-order chi connectivity index (χ1) is 9.02. The van der Waals surface area contributed by atoms with Crippen molar-refractivity contribution < 1.29 is 14.3 Å². The Morgan fingerprint density at radius 3 is 2.84 bits per heavy atom. The number of esters is 1. The number of nitriles is 1. The first kappa shape index (κ1) is 16.0. The minimum absolute atomic E-state index is 0.121.